The van der Waals surface area contributed by atoms with Crippen LogP contribution in [0, 0.1) is 0 Å². The molecule has 0 aliphatic rings. The van der Waals surface area contributed by atoms with Gasteiger partial charge in [-0.3, -0.25) is 4.79 Å². The lowest BCUT2D eigenvalue weighted by atomic mass is 10.2. The molecule has 0 atom stereocenters. The van der Waals surface area contributed by atoms with Gasteiger partial charge < -0.3 is 4.90 Å². The highest BCUT2D eigenvalue weighted by Crippen LogP contribution is 1.99. The van der Waals surface area contributed by atoms with Crippen molar-refractivity contribution in [3.63, 3.8) is 0 Å². The van der Waals surface area contributed by atoms with E-state index in [-0.39, 0.29) is 0 Å². The van der Waals surface area contributed by atoms with E-state index in [0.717, 1.165) is 6.42 Å². The molecule has 2 heteroatoms. The molecule has 0 aliphatic heterocycles. The minimum Gasteiger partial charge on any atom is -0.327 e. The third kappa shape index (κ3) is 7.59. The van der Waals surface area contributed by atoms with Crippen molar-refractivity contribution in [3.05, 3.63) is 24.8 Å². The van der Waals surface area contributed by atoms with E-state index in [1.165, 1.54) is 19.3 Å². The summed E-state index contributed by atoms with van der Waals surface area (Å²) in [4.78, 5) is 11.9. The van der Waals surface area contributed by atoms with Crippen molar-refractivity contribution < 1.29 is 4.79 Å². The molecule has 0 aromatic rings. The Morgan fingerprint density at radius 1 is 1.29 bits per heavy atom. The predicted molar refractivity (Wildman–Crippen MR) is 60.7 cm³/mol. The van der Waals surface area contributed by atoms with Crippen LogP contribution in [0.5, 0.6) is 0 Å². The molecule has 2 nitrogen and oxygen atoms in total. The van der Waals surface area contributed by atoms with Crippen LogP contribution in [0.15, 0.2) is 24.8 Å². The van der Waals surface area contributed by atoms with Gasteiger partial charge in [-0.25, -0.2) is 0 Å². The normalized spacial score (nSPS) is 10.4. The Balaban J connectivity index is 3.47. The van der Waals surface area contributed by atoms with Gasteiger partial charge in [-0.1, -0.05) is 38.0 Å². The van der Waals surface area contributed by atoms with Crippen LogP contribution in [0.3, 0.4) is 0 Å². The third-order valence-electron chi connectivity index (χ3n) is 1.95. The van der Waals surface area contributed by atoms with E-state index in [4.69, 9.17) is 0 Å². The second kappa shape index (κ2) is 10.0. The van der Waals surface area contributed by atoms with Crippen LogP contribution in [-0.4, -0.2) is 24.4 Å². The Morgan fingerprint density at radius 2 is 2.07 bits per heavy atom. The fraction of sp³-hybridized carbons (Fsp3) is 0.583. The van der Waals surface area contributed by atoms with Crippen molar-refractivity contribution >= 4 is 6.41 Å². The monoisotopic (exact) mass is 194 g/mol. The molecule has 0 aromatic carbocycles. The Labute approximate surface area is 87.3 Å². The number of hydrogen-bond donors (Lipinski definition) is 0. The zero-order valence-electron chi connectivity index (χ0n) is 9.04. The number of carbonyl (C=O) groups excluding carboxylic acids is 1. The van der Waals surface area contributed by atoms with Gasteiger partial charge in [-0.15, -0.1) is 6.58 Å². The molecule has 0 aromatic heterocycles. The van der Waals surface area contributed by atoms with Crippen molar-refractivity contribution in [3.8, 4) is 0 Å². The average Bonchev–Trinajstić information content (AvgIpc) is 2.21. The topological polar surface area (TPSA) is 20.3 Å². The first-order valence-corrected chi connectivity index (χ1v) is 5.23. The zero-order chi connectivity index (χ0) is 10.6. The van der Waals surface area contributed by atoms with E-state index >= 15 is 0 Å². The Morgan fingerprint density at radius 3 is 2.64 bits per heavy atom. The number of amides is 1. The lowest BCUT2D eigenvalue weighted by Crippen LogP contribution is -2.21. The van der Waals surface area contributed by atoms with Crippen molar-refractivity contribution in [2.24, 2.45) is 0 Å². The molecule has 0 heterocycles. The third-order valence-corrected chi connectivity index (χ3v) is 1.95. The molecule has 0 fully saturated rings. The number of hydrogen-bond acceptors (Lipinski definition) is 1. The summed E-state index contributed by atoms with van der Waals surface area (Å²) in [6.45, 7) is 6.98. The predicted octanol–water partition coefficient (Wildman–Crippen LogP) is 2.68. The maximum Gasteiger partial charge on any atom is 0.312 e. The van der Waals surface area contributed by atoms with Gasteiger partial charge in [0.2, 0.25) is 0 Å². The molecule has 1 radical (unpaired) electrons. The lowest BCUT2D eigenvalue weighted by molar-refractivity contribution is 0.437. The first kappa shape index (κ1) is 12.9. The Hall–Kier alpha value is -1.05. The molecule has 0 saturated heterocycles. The van der Waals surface area contributed by atoms with Crippen molar-refractivity contribution in [2.75, 3.05) is 13.1 Å². The minimum atomic E-state index is 0.572. The van der Waals surface area contributed by atoms with Gasteiger partial charge >= 0.3 is 6.41 Å². The van der Waals surface area contributed by atoms with Crippen LogP contribution >= 0.6 is 0 Å². The average molecular weight is 194 g/mol. The van der Waals surface area contributed by atoms with Gasteiger partial charge in [0.1, 0.15) is 0 Å². The molecule has 0 spiro atoms. The molecular weight excluding hydrogens is 174 g/mol. The molecule has 0 saturated carbocycles. The fourth-order valence-electron chi connectivity index (χ4n) is 1.14. The molecule has 0 bridgehead atoms. The fourth-order valence-corrected chi connectivity index (χ4v) is 1.14. The highest BCUT2D eigenvalue weighted by Gasteiger charge is 1.94. The Kier molecular flexibility index (Phi) is 9.28. The summed E-state index contributed by atoms with van der Waals surface area (Å²) in [6, 6.07) is 0. The molecule has 79 valence electrons. The minimum absolute atomic E-state index is 0.572. The highest BCUT2D eigenvalue weighted by molar-refractivity contribution is 5.48. The summed E-state index contributed by atoms with van der Waals surface area (Å²) in [7, 11) is 0. The van der Waals surface area contributed by atoms with E-state index in [2.05, 4.69) is 19.6 Å². The summed E-state index contributed by atoms with van der Waals surface area (Å²) >= 11 is 0. The summed E-state index contributed by atoms with van der Waals surface area (Å²) in [6.07, 6.45) is 12.6. The first-order valence-electron chi connectivity index (χ1n) is 5.23. The van der Waals surface area contributed by atoms with E-state index in [1.54, 1.807) is 11.0 Å². The quantitative estimate of drug-likeness (QED) is 0.314. The largest absolute Gasteiger partial charge is 0.327 e. The maximum absolute atomic E-state index is 10.4. The maximum atomic E-state index is 10.4. The second-order valence-electron chi connectivity index (χ2n) is 3.25. The number of rotatable bonds is 9. The molecule has 14 heavy (non-hydrogen) atoms. The van der Waals surface area contributed by atoms with Gasteiger partial charge in [0.25, 0.3) is 0 Å². The lowest BCUT2D eigenvalue weighted by Gasteiger charge is -2.09. The Bertz CT molecular complexity index is 175. The SMILES string of the molecule is C=CCN([C]=O)C/C=C/CCCCC. The number of allylic oxidation sites excluding steroid dienone is 1. The van der Waals surface area contributed by atoms with E-state index in [1.807, 2.05) is 12.5 Å². The van der Waals surface area contributed by atoms with Gasteiger partial charge in [0.15, 0.2) is 0 Å². The van der Waals surface area contributed by atoms with Crippen molar-refractivity contribution in [1.82, 2.24) is 4.90 Å². The van der Waals surface area contributed by atoms with Crippen LogP contribution in [0.4, 0.5) is 0 Å². The summed E-state index contributed by atoms with van der Waals surface area (Å²) < 4.78 is 0. The van der Waals surface area contributed by atoms with Crippen molar-refractivity contribution in [1.29, 1.82) is 0 Å². The zero-order valence-corrected chi connectivity index (χ0v) is 9.04. The van der Waals surface area contributed by atoms with Crippen LogP contribution < -0.4 is 0 Å². The highest BCUT2D eigenvalue weighted by atomic mass is 16.1. The van der Waals surface area contributed by atoms with Crippen LogP contribution in [0.1, 0.15) is 32.6 Å². The molecule has 0 N–H and O–H groups in total. The molecular formula is C12H20NO. The van der Waals surface area contributed by atoms with Gasteiger partial charge in [-0.2, -0.15) is 0 Å². The second-order valence-corrected chi connectivity index (χ2v) is 3.25. The number of unbranched alkanes of at least 4 members (excludes halogenated alkanes) is 3. The summed E-state index contributed by atoms with van der Waals surface area (Å²) in [5.41, 5.74) is 0. The smallest absolute Gasteiger partial charge is 0.312 e. The van der Waals surface area contributed by atoms with Crippen LogP contribution in [0.2, 0.25) is 0 Å². The molecule has 0 unspecified atom stereocenters. The van der Waals surface area contributed by atoms with Crippen molar-refractivity contribution in [2.45, 2.75) is 32.6 Å². The van der Waals surface area contributed by atoms with Crippen LogP contribution in [-0.2, 0) is 4.79 Å². The van der Waals surface area contributed by atoms with Gasteiger partial charge in [0, 0.05) is 13.1 Å². The molecule has 0 rings (SSSR count). The van der Waals surface area contributed by atoms with Crippen LogP contribution in [0.25, 0.3) is 0 Å². The molecule has 1 amide bonds. The summed E-state index contributed by atoms with van der Waals surface area (Å²) in [5, 5.41) is 0. The van der Waals surface area contributed by atoms with E-state index < -0.39 is 0 Å². The standard InChI is InChI=1S/C12H20NO/c1-3-5-6-7-8-9-11-13(12-14)10-4-2/h4,8-9H,2-3,5-7,10-11H2,1H3/b9-8+. The van der Waals surface area contributed by atoms with Gasteiger partial charge in [0.05, 0.1) is 0 Å². The molecule has 0 aliphatic carbocycles. The summed E-state index contributed by atoms with van der Waals surface area (Å²) in [5.74, 6) is 0. The first-order chi connectivity index (χ1) is 6.85. The van der Waals surface area contributed by atoms with E-state index in [9.17, 15) is 4.79 Å². The van der Waals surface area contributed by atoms with E-state index in [0.29, 0.717) is 13.1 Å². The number of nitrogens with zero attached hydrogens (tertiary/aromatic N) is 1. The van der Waals surface area contributed by atoms with Gasteiger partial charge in [-0.05, 0) is 12.8 Å².